The first-order valence-electron chi connectivity index (χ1n) is 6.43. The van der Waals surface area contributed by atoms with Crippen LogP contribution in [0.4, 0.5) is 0 Å². The Morgan fingerprint density at radius 1 is 1.21 bits per heavy atom. The SMILES string of the molecule is O[C@@H]1CNC[C@H](Oc2ccccc2)[C@H]1c1cnc[nH]1. The minimum atomic E-state index is -0.483. The fourth-order valence-electron chi connectivity index (χ4n) is 2.52. The van der Waals surface area contributed by atoms with Crippen molar-refractivity contribution in [3.8, 4) is 5.75 Å². The molecule has 1 fully saturated rings. The van der Waals surface area contributed by atoms with Gasteiger partial charge in [-0.2, -0.15) is 0 Å². The van der Waals surface area contributed by atoms with Crippen LogP contribution in [0.3, 0.4) is 0 Å². The van der Waals surface area contributed by atoms with Crippen LogP contribution in [0.2, 0.25) is 0 Å². The van der Waals surface area contributed by atoms with E-state index in [1.54, 1.807) is 12.5 Å². The molecule has 5 nitrogen and oxygen atoms in total. The van der Waals surface area contributed by atoms with Crippen molar-refractivity contribution in [3.05, 3.63) is 48.5 Å². The molecule has 0 spiro atoms. The first-order chi connectivity index (χ1) is 9.34. The molecule has 5 heteroatoms. The molecule has 0 saturated carbocycles. The fourth-order valence-corrected chi connectivity index (χ4v) is 2.52. The van der Waals surface area contributed by atoms with Crippen molar-refractivity contribution in [3.63, 3.8) is 0 Å². The Bertz CT molecular complexity index is 501. The normalized spacial score (nSPS) is 27.1. The van der Waals surface area contributed by atoms with Gasteiger partial charge >= 0.3 is 0 Å². The molecule has 0 amide bonds. The molecule has 2 heterocycles. The third kappa shape index (κ3) is 2.62. The average molecular weight is 259 g/mol. The van der Waals surface area contributed by atoms with Crippen LogP contribution in [-0.2, 0) is 0 Å². The zero-order chi connectivity index (χ0) is 13.1. The number of piperidine rings is 1. The summed E-state index contributed by atoms with van der Waals surface area (Å²) in [6.45, 7) is 1.27. The summed E-state index contributed by atoms with van der Waals surface area (Å²) in [6, 6.07) is 9.67. The van der Waals surface area contributed by atoms with E-state index in [4.69, 9.17) is 4.74 Å². The summed E-state index contributed by atoms with van der Waals surface area (Å²) in [7, 11) is 0. The Kier molecular flexibility index (Phi) is 3.48. The zero-order valence-corrected chi connectivity index (χ0v) is 10.5. The number of nitrogens with one attached hydrogen (secondary N) is 2. The van der Waals surface area contributed by atoms with E-state index in [2.05, 4.69) is 15.3 Å². The third-order valence-electron chi connectivity index (χ3n) is 3.42. The van der Waals surface area contributed by atoms with Gasteiger partial charge in [-0.15, -0.1) is 0 Å². The van der Waals surface area contributed by atoms with Gasteiger partial charge in [0.1, 0.15) is 11.9 Å². The zero-order valence-electron chi connectivity index (χ0n) is 10.5. The number of aliphatic hydroxyl groups excluding tert-OH is 1. The highest BCUT2D eigenvalue weighted by molar-refractivity contribution is 5.23. The monoisotopic (exact) mass is 259 g/mol. The van der Waals surface area contributed by atoms with Gasteiger partial charge < -0.3 is 20.1 Å². The molecule has 0 radical (unpaired) electrons. The molecule has 0 unspecified atom stereocenters. The molecule has 1 aromatic heterocycles. The summed E-state index contributed by atoms with van der Waals surface area (Å²) in [5.74, 6) is 0.719. The van der Waals surface area contributed by atoms with Crippen molar-refractivity contribution < 1.29 is 9.84 Å². The van der Waals surface area contributed by atoms with Crippen LogP contribution in [0, 0.1) is 0 Å². The minimum Gasteiger partial charge on any atom is -0.488 e. The van der Waals surface area contributed by atoms with Crippen LogP contribution in [0.5, 0.6) is 5.75 Å². The van der Waals surface area contributed by atoms with Crippen molar-refractivity contribution >= 4 is 0 Å². The number of hydrogen-bond acceptors (Lipinski definition) is 4. The maximum atomic E-state index is 10.2. The van der Waals surface area contributed by atoms with E-state index in [1.807, 2.05) is 30.3 Å². The van der Waals surface area contributed by atoms with Gasteiger partial charge in [0, 0.05) is 25.0 Å². The number of nitrogens with zero attached hydrogens (tertiary/aromatic N) is 1. The number of aliphatic hydroxyl groups is 1. The summed E-state index contributed by atoms with van der Waals surface area (Å²) in [5, 5.41) is 13.4. The fraction of sp³-hybridized carbons (Fsp3) is 0.357. The molecule has 3 N–H and O–H groups in total. The molecule has 1 saturated heterocycles. The Labute approximate surface area is 111 Å². The van der Waals surface area contributed by atoms with Crippen LogP contribution >= 0.6 is 0 Å². The molecule has 3 rings (SSSR count). The van der Waals surface area contributed by atoms with E-state index in [0.717, 1.165) is 11.4 Å². The second kappa shape index (κ2) is 5.42. The molecule has 0 aliphatic carbocycles. The van der Waals surface area contributed by atoms with Crippen LogP contribution < -0.4 is 10.1 Å². The smallest absolute Gasteiger partial charge is 0.122 e. The van der Waals surface area contributed by atoms with Crippen molar-refractivity contribution in [2.45, 2.75) is 18.1 Å². The van der Waals surface area contributed by atoms with Crippen LogP contribution in [0.25, 0.3) is 0 Å². The Hall–Kier alpha value is -1.85. The number of aromatic amines is 1. The summed E-state index contributed by atoms with van der Waals surface area (Å²) in [6.07, 6.45) is 2.78. The van der Waals surface area contributed by atoms with Gasteiger partial charge in [-0.05, 0) is 12.1 Å². The van der Waals surface area contributed by atoms with E-state index in [9.17, 15) is 5.11 Å². The highest BCUT2D eigenvalue weighted by atomic mass is 16.5. The quantitative estimate of drug-likeness (QED) is 0.766. The predicted molar refractivity (Wildman–Crippen MR) is 71.1 cm³/mol. The summed E-state index contributed by atoms with van der Waals surface area (Å²) in [4.78, 5) is 7.10. The van der Waals surface area contributed by atoms with E-state index in [1.165, 1.54) is 0 Å². The standard InChI is InChI=1S/C14H17N3O2/c18-12-7-15-8-13(14(12)11-6-16-9-17-11)19-10-4-2-1-3-5-10/h1-6,9,12-15,18H,7-8H2,(H,16,17)/t12-,13+,14+/m1/s1. The third-order valence-corrected chi connectivity index (χ3v) is 3.42. The van der Waals surface area contributed by atoms with Gasteiger partial charge in [0.15, 0.2) is 0 Å². The lowest BCUT2D eigenvalue weighted by Gasteiger charge is -2.35. The van der Waals surface area contributed by atoms with Crippen molar-refractivity contribution in [1.29, 1.82) is 0 Å². The number of para-hydroxylation sites is 1. The number of imidazole rings is 1. The second-order valence-corrected chi connectivity index (χ2v) is 4.73. The van der Waals surface area contributed by atoms with Crippen molar-refractivity contribution in [2.24, 2.45) is 0 Å². The highest BCUT2D eigenvalue weighted by Crippen LogP contribution is 2.27. The Morgan fingerprint density at radius 3 is 2.79 bits per heavy atom. The van der Waals surface area contributed by atoms with Crippen LogP contribution in [-0.4, -0.2) is 40.4 Å². The number of ether oxygens (including phenoxy) is 1. The minimum absolute atomic E-state index is 0.0936. The number of aromatic nitrogens is 2. The van der Waals surface area contributed by atoms with Gasteiger partial charge in [0.2, 0.25) is 0 Å². The van der Waals surface area contributed by atoms with E-state index in [-0.39, 0.29) is 12.0 Å². The van der Waals surface area contributed by atoms with Gasteiger partial charge in [-0.1, -0.05) is 18.2 Å². The summed E-state index contributed by atoms with van der Waals surface area (Å²) >= 11 is 0. The molecule has 1 aliphatic rings. The Morgan fingerprint density at radius 2 is 2.05 bits per heavy atom. The van der Waals surface area contributed by atoms with Crippen molar-refractivity contribution in [2.75, 3.05) is 13.1 Å². The molecule has 19 heavy (non-hydrogen) atoms. The lowest BCUT2D eigenvalue weighted by atomic mass is 9.89. The molecule has 100 valence electrons. The molecule has 1 aliphatic heterocycles. The van der Waals surface area contributed by atoms with Gasteiger partial charge in [-0.25, -0.2) is 4.98 Å². The molecular formula is C14H17N3O2. The topological polar surface area (TPSA) is 70.2 Å². The summed E-state index contributed by atoms with van der Waals surface area (Å²) < 4.78 is 5.99. The maximum Gasteiger partial charge on any atom is 0.122 e. The average Bonchev–Trinajstić information content (AvgIpc) is 2.94. The second-order valence-electron chi connectivity index (χ2n) is 4.73. The largest absolute Gasteiger partial charge is 0.488 e. The van der Waals surface area contributed by atoms with Crippen LogP contribution in [0.1, 0.15) is 11.6 Å². The number of rotatable bonds is 3. The lowest BCUT2D eigenvalue weighted by Crippen LogP contribution is -2.51. The predicted octanol–water partition coefficient (Wildman–Crippen LogP) is 0.905. The first-order valence-corrected chi connectivity index (χ1v) is 6.43. The maximum absolute atomic E-state index is 10.2. The Balaban J connectivity index is 1.81. The molecule has 3 atom stereocenters. The van der Waals surface area contributed by atoms with E-state index >= 15 is 0 Å². The lowest BCUT2D eigenvalue weighted by molar-refractivity contribution is 0.0378. The number of β-amino-alcohol motifs (C(OH)–C–C–N with tert-alkyl or cyclic N) is 1. The number of H-pyrrole nitrogens is 1. The molecule has 2 aromatic rings. The van der Waals surface area contributed by atoms with Gasteiger partial charge in [0.25, 0.3) is 0 Å². The number of hydrogen-bond donors (Lipinski definition) is 3. The molecule has 0 bridgehead atoms. The number of benzene rings is 1. The van der Waals surface area contributed by atoms with E-state index < -0.39 is 6.10 Å². The first kappa shape index (κ1) is 12.2. The van der Waals surface area contributed by atoms with Crippen molar-refractivity contribution in [1.82, 2.24) is 15.3 Å². The molecule has 1 aromatic carbocycles. The van der Waals surface area contributed by atoms with Crippen LogP contribution in [0.15, 0.2) is 42.9 Å². The summed E-state index contributed by atoms with van der Waals surface area (Å²) in [5.41, 5.74) is 0.912. The molecular weight excluding hydrogens is 242 g/mol. The van der Waals surface area contributed by atoms with E-state index in [0.29, 0.717) is 13.1 Å². The highest BCUT2D eigenvalue weighted by Gasteiger charge is 2.35. The van der Waals surface area contributed by atoms with Gasteiger partial charge in [0.05, 0.1) is 18.3 Å². The van der Waals surface area contributed by atoms with Gasteiger partial charge in [-0.3, -0.25) is 0 Å².